The zero-order valence-electron chi connectivity index (χ0n) is 18.3. The fourth-order valence-electron chi connectivity index (χ4n) is 4.34. The molecule has 0 unspecified atom stereocenters. The van der Waals surface area contributed by atoms with Gasteiger partial charge in [0.25, 0.3) is 0 Å². The first-order chi connectivity index (χ1) is 14.0. The molecule has 2 heterocycles. The van der Waals surface area contributed by atoms with Gasteiger partial charge in [0.15, 0.2) is 11.5 Å². The van der Waals surface area contributed by atoms with E-state index in [2.05, 4.69) is 21.6 Å². The van der Waals surface area contributed by atoms with E-state index in [0.717, 1.165) is 63.5 Å². The molecular formula is C22H35N3O4. The van der Waals surface area contributed by atoms with E-state index < -0.39 is 0 Å². The highest BCUT2D eigenvalue weighted by molar-refractivity contribution is 5.78. The molecule has 162 valence electrons. The molecule has 1 amide bonds. The summed E-state index contributed by atoms with van der Waals surface area (Å²) in [4.78, 5) is 19.4. The minimum absolute atomic E-state index is 0.284. The van der Waals surface area contributed by atoms with Gasteiger partial charge in [-0.15, -0.1) is 0 Å². The maximum absolute atomic E-state index is 12.6. The van der Waals surface area contributed by atoms with E-state index in [1.54, 1.807) is 21.3 Å². The van der Waals surface area contributed by atoms with E-state index in [4.69, 9.17) is 14.2 Å². The number of likely N-dealkylation sites (tertiary alicyclic amines) is 1. The summed E-state index contributed by atoms with van der Waals surface area (Å²) in [6.07, 6.45) is 2.37. The largest absolute Gasteiger partial charge is 0.493 e. The predicted molar refractivity (Wildman–Crippen MR) is 113 cm³/mol. The number of benzene rings is 1. The van der Waals surface area contributed by atoms with Crippen molar-refractivity contribution in [2.45, 2.75) is 26.3 Å². The summed E-state index contributed by atoms with van der Waals surface area (Å²) in [6, 6.07) is 3.96. The lowest BCUT2D eigenvalue weighted by Gasteiger charge is -2.37. The van der Waals surface area contributed by atoms with Crippen molar-refractivity contribution in [2.75, 3.05) is 67.1 Å². The summed E-state index contributed by atoms with van der Waals surface area (Å²) < 4.78 is 16.5. The molecule has 0 radical (unpaired) electrons. The summed E-state index contributed by atoms with van der Waals surface area (Å²) in [6.45, 7) is 9.08. The second-order valence-electron chi connectivity index (χ2n) is 8.13. The van der Waals surface area contributed by atoms with E-state index in [0.29, 0.717) is 24.0 Å². The number of piperidine rings is 1. The van der Waals surface area contributed by atoms with Gasteiger partial charge in [0.2, 0.25) is 11.7 Å². The Bertz CT molecular complexity index is 689. The SMILES string of the molecule is COc1ccc(CN2CCN(CC(=O)N3CCC[C@@H](C)C3)CC2)c(OC)c1OC. The third-order valence-corrected chi connectivity index (χ3v) is 6.01. The Hall–Kier alpha value is -1.99. The van der Waals surface area contributed by atoms with Crippen LogP contribution < -0.4 is 14.2 Å². The van der Waals surface area contributed by atoms with E-state index >= 15 is 0 Å². The van der Waals surface area contributed by atoms with Crippen molar-refractivity contribution in [1.29, 1.82) is 0 Å². The standard InChI is InChI=1S/C22H35N3O4/c1-17-6-5-9-25(14-17)20(26)16-24-12-10-23(11-13-24)15-18-7-8-19(27-2)22(29-4)21(18)28-3/h7-8,17H,5-6,9-16H2,1-4H3/t17-/m1/s1. The fraction of sp³-hybridized carbons (Fsp3) is 0.682. The van der Waals surface area contributed by atoms with Crippen molar-refractivity contribution >= 4 is 5.91 Å². The highest BCUT2D eigenvalue weighted by Gasteiger charge is 2.25. The fourth-order valence-corrected chi connectivity index (χ4v) is 4.34. The molecule has 3 rings (SSSR count). The van der Waals surface area contributed by atoms with Gasteiger partial charge in [-0.05, 0) is 24.8 Å². The number of hydrogen-bond donors (Lipinski definition) is 0. The summed E-state index contributed by atoms with van der Waals surface area (Å²) >= 11 is 0. The van der Waals surface area contributed by atoms with Gasteiger partial charge in [0.1, 0.15) is 0 Å². The van der Waals surface area contributed by atoms with Crippen molar-refractivity contribution in [3.05, 3.63) is 17.7 Å². The average molecular weight is 406 g/mol. The van der Waals surface area contributed by atoms with Crippen LogP contribution in [0.3, 0.4) is 0 Å². The zero-order valence-corrected chi connectivity index (χ0v) is 18.3. The van der Waals surface area contributed by atoms with Crippen LogP contribution in [0, 0.1) is 5.92 Å². The second-order valence-corrected chi connectivity index (χ2v) is 8.13. The van der Waals surface area contributed by atoms with Crippen LogP contribution in [0.2, 0.25) is 0 Å². The lowest BCUT2D eigenvalue weighted by Crippen LogP contribution is -2.50. The van der Waals surface area contributed by atoms with Gasteiger partial charge in [-0.1, -0.05) is 13.0 Å². The molecule has 29 heavy (non-hydrogen) atoms. The first-order valence-electron chi connectivity index (χ1n) is 10.6. The minimum atomic E-state index is 0.284. The molecule has 2 aliphatic rings. The van der Waals surface area contributed by atoms with E-state index in [1.165, 1.54) is 6.42 Å². The average Bonchev–Trinajstić information content (AvgIpc) is 2.74. The third-order valence-electron chi connectivity index (χ3n) is 6.01. The number of hydrogen-bond acceptors (Lipinski definition) is 6. The summed E-state index contributed by atoms with van der Waals surface area (Å²) in [5, 5.41) is 0. The first-order valence-corrected chi connectivity index (χ1v) is 10.6. The summed E-state index contributed by atoms with van der Waals surface area (Å²) in [5.74, 6) is 2.94. The normalized spacial score (nSPS) is 21.1. The molecule has 1 aromatic rings. The van der Waals surface area contributed by atoms with Gasteiger partial charge in [0, 0.05) is 51.4 Å². The Kier molecular flexibility index (Phi) is 7.61. The first kappa shape index (κ1) is 21.7. The monoisotopic (exact) mass is 405 g/mol. The van der Waals surface area contributed by atoms with Gasteiger partial charge in [-0.3, -0.25) is 14.6 Å². The number of piperazine rings is 1. The van der Waals surface area contributed by atoms with Gasteiger partial charge < -0.3 is 19.1 Å². The number of carbonyl (C=O) groups excluding carboxylic acids is 1. The number of carbonyl (C=O) groups is 1. The van der Waals surface area contributed by atoms with Crippen LogP contribution in [0.5, 0.6) is 17.2 Å². The molecule has 2 saturated heterocycles. The molecule has 0 aliphatic carbocycles. The number of nitrogens with zero attached hydrogens (tertiary/aromatic N) is 3. The van der Waals surface area contributed by atoms with Crippen LogP contribution in [0.1, 0.15) is 25.3 Å². The molecular weight excluding hydrogens is 370 g/mol. The Balaban J connectivity index is 1.53. The highest BCUT2D eigenvalue weighted by Crippen LogP contribution is 2.40. The molecule has 0 aromatic heterocycles. The van der Waals surface area contributed by atoms with Gasteiger partial charge >= 0.3 is 0 Å². The van der Waals surface area contributed by atoms with Crippen LogP contribution in [-0.2, 0) is 11.3 Å². The quantitative estimate of drug-likeness (QED) is 0.692. The summed E-state index contributed by atoms with van der Waals surface area (Å²) in [5.41, 5.74) is 1.08. The van der Waals surface area contributed by atoms with Crippen LogP contribution in [-0.4, -0.2) is 87.7 Å². The molecule has 7 heteroatoms. The van der Waals surface area contributed by atoms with Gasteiger partial charge in [-0.25, -0.2) is 0 Å². The smallest absolute Gasteiger partial charge is 0.236 e. The number of methoxy groups -OCH3 is 3. The van der Waals surface area contributed by atoms with Crippen molar-refractivity contribution in [1.82, 2.24) is 14.7 Å². The van der Waals surface area contributed by atoms with E-state index in [9.17, 15) is 4.79 Å². The Morgan fingerprint density at radius 3 is 2.28 bits per heavy atom. The lowest BCUT2D eigenvalue weighted by atomic mass is 10.0. The Morgan fingerprint density at radius 1 is 0.966 bits per heavy atom. The van der Waals surface area contributed by atoms with Crippen LogP contribution in [0.4, 0.5) is 0 Å². The zero-order chi connectivity index (χ0) is 20.8. The second kappa shape index (κ2) is 10.2. The van der Waals surface area contributed by atoms with Crippen LogP contribution >= 0.6 is 0 Å². The maximum Gasteiger partial charge on any atom is 0.236 e. The van der Waals surface area contributed by atoms with Crippen molar-refractivity contribution in [3.8, 4) is 17.2 Å². The van der Waals surface area contributed by atoms with Crippen LogP contribution in [0.15, 0.2) is 12.1 Å². The number of amides is 1. The van der Waals surface area contributed by atoms with Gasteiger partial charge in [-0.2, -0.15) is 0 Å². The topological polar surface area (TPSA) is 54.5 Å². The lowest BCUT2D eigenvalue weighted by molar-refractivity contribution is -0.134. The number of ether oxygens (including phenoxy) is 3. The third kappa shape index (κ3) is 5.34. The molecule has 1 atom stereocenters. The molecule has 0 spiro atoms. The molecule has 0 saturated carbocycles. The predicted octanol–water partition coefficient (Wildman–Crippen LogP) is 2.09. The summed E-state index contributed by atoms with van der Waals surface area (Å²) in [7, 11) is 4.91. The van der Waals surface area contributed by atoms with E-state index in [1.807, 2.05) is 12.1 Å². The van der Waals surface area contributed by atoms with Crippen molar-refractivity contribution in [3.63, 3.8) is 0 Å². The van der Waals surface area contributed by atoms with Crippen LogP contribution in [0.25, 0.3) is 0 Å². The Morgan fingerprint density at radius 2 is 1.66 bits per heavy atom. The Labute approximate surface area is 174 Å². The van der Waals surface area contributed by atoms with Gasteiger partial charge in [0.05, 0.1) is 27.9 Å². The van der Waals surface area contributed by atoms with Crippen molar-refractivity contribution < 1.29 is 19.0 Å². The molecule has 7 nitrogen and oxygen atoms in total. The number of rotatable bonds is 7. The minimum Gasteiger partial charge on any atom is -0.493 e. The molecule has 2 fully saturated rings. The van der Waals surface area contributed by atoms with Crippen molar-refractivity contribution in [2.24, 2.45) is 5.92 Å². The highest BCUT2D eigenvalue weighted by atomic mass is 16.5. The molecule has 0 bridgehead atoms. The molecule has 0 N–H and O–H groups in total. The maximum atomic E-state index is 12.6. The molecule has 1 aromatic carbocycles. The molecule has 2 aliphatic heterocycles. The van der Waals surface area contributed by atoms with E-state index in [-0.39, 0.29) is 5.91 Å².